The highest BCUT2D eigenvalue weighted by molar-refractivity contribution is 5.55. The summed E-state index contributed by atoms with van der Waals surface area (Å²) in [5.74, 6) is 0.904. The molecule has 1 aromatic rings. The molecule has 1 aliphatic carbocycles. The molecule has 1 aromatic carbocycles. The highest BCUT2D eigenvalue weighted by Crippen LogP contribution is 2.31. The van der Waals surface area contributed by atoms with Crippen molar-refractivity contribution in [3.05, 3.63) is 29.3 Å². The molecule has 1 saturated carbocycles. The van der Waals surface area contributed by atoms with Crippen molar-refractivity contribution in [1.29, 1.82) is 0 Å². The molecule has 2 rings (SSSR count). The Morgan fingerprint density at radius 1 is 1.22 bits per heavy atom. The van der Waals surface area contributed by atoms with Gasteiger partial charge in [0.2, 0.25) is 0 Å². The molecule has 100 valence electrons. The quantitative estimate of drug-likeness (QED) is 0.885. The number of benzene rings is 1. The zero-order valence-corrected chi connectivity index (χ0v) is 11.9. The summed E-state index contributed by atoms with van der Waals surface area (Å²) in [7, 11) is 2.23. The zero-order chi connectivity index (χ0) is 13.1. The van der Waals surface area contributed by atoms with Crippen molar-refractivity contribution < 1.29 is 0 Å². The molecule has 2 nitrogen and oxygen atoms in total. The maximum absolute atomic E-state index is 5.86. The molecule has 0 aromatic heterocycles. The van der Waals surface area contributed by atoms with Crippen LogP contribution in [0.1, 0.15) is 43.7 Å². The number of anilines is 1. The van der Waals surface area contributed by atoms with Crippen LogP contribution in [-0.2, 0) is 6.54 Å². The number of hydrogen-bond acceptors (Lipinski definition) is 2. The van der Waals surface area contributed by atoms with Crippen molar-refractivity contribution in [1.82, 2.24) is 0 Å². The second-order valence-electron chi connectivity index (χ2n) is 5.86. The summed E-state index contributed by atoms with van der Waals surface area (Å²) in [5.41, 5.74) is 9.78. The van der Waals surface area contributed by atoms with Crippen molar-refractivity contribution in [3.63, 3.8) is 0 Å². The first-order valence-corrected chi connectivity index (χ1v) is 7.14. The van der Waals surface area contributed by atoms with Crippen LogP contribution in [-0.4, -0.2) is 13.1 Å². The van der Waals surface area contributed by atoms with E-state index in [0.717, 1.165) is 5.92 Å². The predicted molar refractivity (Wildman–Crippen MR) is 78.9 cm³/mol. The van der Waals surface area contributed by atoms with Gasteiger partial charge in [-0.05, 0) is 55.7 Å². The molecule has 2 N–H and O–H groups in total. The first-order chi connectivity index (χ1) is 8.61. The minimum Gasteiger partial charge on any atom is -0.371 e. The fourth-order valence-electron chi connectivity index (χ4n) is 3.00. The molecule has 0 saturated heterocycles. The molecular formula is C16H26N2. The number of nitrogens with two attached hydrogens (primary N) is 1. The summed E-state index contributed by atoms with van der Waals surface area (Å²) in [6, 6.07) is 7.29. The molecule has 0 radical (unpaired) electrons. The van der Waals surface area contributed by atoms with E-state index in [1.807, 2.05) is 0 Å². The predicted octanol–water partition coefficient (Wildman–Crippen LogP) is 3.47. The number of hydrogen-bond donors (Lipinski definition) is 1. The van der Waals surface area contributed by atoms with Crippen LogP contribution in [0, 0.1) is 12.8 Å². The van der Waals surface area contributed by atoms with Crippen LogP contribution in [0.5, 0.6) is 0 Å². The summed E-state index contributed by atoms with van der Waals surface area (Å²) in [6.07, 6.45) is 5.35. The van der Waals surface area contributed by atoms with Gasteiger partial charge < -0.3 is 10.6 Å². The highest BCUT2D eigenvalue weighted by Gasteiger charge is 2.22. The van der Waals surface area contributed by atoms with E-state index in [-0.39, 0.29) is 0 Å². The number of aryl methyl sites for hydroxylation is 1. The molecule has 0 aliphatic heterocycles. The maximum atomic E-state index is 5.86. The van der Waals surface area contributed by atoms with Gasteiger partial charge >= 0.3 is 0 Å². The lowest BCUT2D eigenvalue weighted by Gasteiger charge is -2.36. The third-order valence-electron chi connectivity index (χ3n) is 4.37. The molecule has 0 amide bonds. The SMILES string of the molecule is Cc1ccc(CN)c(N(C)C2CCC(C)CC2)c1. The lowest BCUT2D eigenvalue weighted by atomic mass is 9.86. The summed E-state index contributed by atoms with van der Waals surface area (Å²) in [6.45, 7) is 5.15. The van der Waals surface area contributed by atoms with Crippen molar-refractivity contribution in [2.75, 3.05) is 11.9 Å². The Bertz CT molecular complexity index is 392. The average molecular weight is 246 g/mol. The molecule has 1 aliphatic rings. The summed E-state index contributed by atoms with van der Waals surface area (Å²) in [4.78, 5) is 2.46. The van der Waals surface area contributed by atoms with Crippen LogP contribution in [0.25, 0.3) is 0 Å². The smallest absolute Gasteiger partial charge is 0.0414 e. The summed E-state index contributed by atoms with van der Waals surface area (Å²) < 4.78 is 0. The first kappa shape index (κ1) is 13.4. The highest BCUT2D eigenvalue weighted by atomic mass is 15.1. The van der Waals surface area contributed by atoms with E-state index >= 15 is 0 Å². The standard InChI is InChI=1S/C16H26N2/c1-12-5-8-15(9-6-12)18(3)16-10-13(2)4-7-14(16)11-17/h4,7,10,12,15H,5-6,8-9,11,17H2,1-3H3. The van der Waals surface area contributed by atoms with Crippen LogP contribution >= 0.6 is 0 Å². The average Bonchev–Trinajstić information content (AvgIpc) is 2.39. The molecule has 0 unspecified atom stereocenters. The molecule has 0 heterocycles. The molecule has 18 heavy (non-hydrogen) atoms. The Hall–Kier alpha value is -1.02. The summed E-state index contributed by atoms with van der Waals surface area (Å²) >= 11 is 0. The Morgan fingerprint density at radius 2 is 1.89 bits per heavy atom. The van der Waals surface area contributed by atoms with Crippen molar-refractivity contribution in [3.8, 4) is 0 Å². The van der Waals surface area contributed by atoms with E-state index in [2.05, 4.69) is 44.0 Å². The lowest BCUT2D eigenvalue weighted by Crippen LogP contribution is -2.35. The van der Waals surface area contributed by atoms with E-state index in [4.69, 9.17) is 5.73 Å². The topological polar surface area (TPSA) is 29.3 Å². The van der Waals surface area contributed by atoms with Crippen molar-refractivity contribution >= 4 is 5.69 Å². The Labute approximate surface area is 111 Å². The minimum absolute atomic E-state index is 0.628. The third-order valence-corrected chi connectivity index (χ3v) is 4.37. The van der Waals surface area contributed by atoms with Gasteiger partial charge in [-0.15, -0.1) is 0 Å². The minimum atomic E-state index is 0.628. The maximum Gasteiger partial charge on any atom is 0.0414 e. The first-order valence-electron chi connectivity index (χ1n) is 7.14. The zero-order valence-electron chi connectivity index (χ0n) is 11.9. The largest absolute Gasteiger partial charge is 0.371 e. The van der Waals surface area contributed by atoms with E-state index in [1.54, 1.807) is 0 Å². The molecule has 0 bridgehead atoms. The van der Waals surface area contributed by atoms with Gasteiger partial charge in [-0.1, -0.05) is 19.1 Å². The third kappa shape index (κ3) is 2.86. The van der Waals surface area contributed by atoms with Crippen LogP contribution in [0.3, 0.4) is 0 Å². The lowest BCUT2D eigenvalue weighted by molar-refractivity contribution is 0.340. The number of rotatable bonds is 3. The molecule has 0 atom stereocenters. The van der Waals surface area contributed by atoms with E-state index in [9.17, 15) is 0 Å². The Kier molecular flexibility index (Phi) is 4.28. The van der Waals surface area contributed by atoms with E-state index in [0.29, 0.717) is 12.6 Å². The molecule has 1 fully saturated rings. The van der Waals surface area contributed by atoms with Gasteiger partial charge in [0.1, 0.15) is 0 Å². The molecule has 0 spiro atoms. The van der Waals surface area contributed by atoms with Crippen LogP contribution < -0.4 is 10.6 Å². The van der Waals surface area contributed by atoms with Gasteiger partial charge in [-0.2, -0.15) is 0 Å². The number of nitrogens with zero attached hydrogens (tertiary/aromatic N) is 1. The van der Waals surface area contributed by atoms with Crippen molar-refractivity contribution in [2.24, 2.45) is 11.7 Å². The second kappa shape index (κ2) is 5.75. The molecular weight excluding hydrogens is 220 g/mol. The fraction of sp³-hybridized carbons (Fsp3) is 0.625. The van der Waals surface area contributed by atoms with Gasteiger partial charge in [-0.3, -0.25) is 0 Å². The van der Waals surface area contributed by atoms with E-state index < -0.39 is 0 Å². The van der Waals surface area contributed by atoms with Crippen LogP contribution in [0.2, 0.25) is 0 Å². The van der Waals surface area contributed by atoms with Gasteiger partial charge in [-0.25, -0.2) is 0 Å². The van der Waals surface area contributed by atoms with Crippen LogP contribution in [0.4, 0.5) is 5.69 Å². The van der Waals surface area contributed by atoms with Gasteiger partial charge in [0.05, 0.1) is 0 Å². The van der Waals surface area contributed by atoms with Crippen molar-refractivity contribution in [2.45, 2.75) is 52.1 Å². The summed E-state index contributed by atoms with van der Waals surface area (Å²) in [5, 5.41) is 0. The Morgan fingerprint density at radius 3 is 2.50 bits per heavy atom. The second-order valence-corrected chi connectivity index (χ2v) is 5.86. The normalized spacial score (nSPS) is 24.0. The van der Waals surface area contributed by atoms with Gasteiger partial charge in [0.15, 0.2) is 0 Å². The monoisotopic (exact) mass is 246 g/mol. The van der Waals surface area contributed by atoms with E-state index in [1.165, 1.54) is 42.5 Å². The Balaban J connectivity index is 2.17. The fourth-order valence-corrected chi connectivity index (χ4v) is 3.00. The van der Waals surface area contributed by atoms with Gasteiger partial charge in [0.25, 0.3) is 0 Å². The van der Waals surface area contributed by atoms with Gasteiger partial charge in [0, 0.05) is 25.3 Å². The molecule has 2 heteroatoms. The van der Waals surface area contributed by atoms with Crippen LogP contribution in [0.15, 0.2) is 18.2 Å².